The van der Waals surface area contributed by atoms with Gasteiger partial charge in [0.2, 0.25) is 11.8 Å². The van der Waals surface area contributed by atoms with Crippen LogP contribution in [0.1, 0.15) is 64.4 Å². The van der Waals surface area contributed by atoms with E-state index < -0.39 is 18.0 Å². The van der Waals surface area contributed by atoms with Crippen molar-refractivity contribution in [2.45, 2.75) is 77.2 Å². The number of aryl methyl sites for hydroxylation is 1. The minimum atomic E-state index is -0.624. The number of hydrogen-bond acceptors (Lipinski definition) is 9. The Bertz CT molecular complexity index is 2080. The molecule has 11 nitrogen and oxygen atoms in total. The van der Waals surface area contributed by atoms with Gasteiger partial charge in [-0.15, -0.1) is 0 Å². The fourth-order valence-corrected chi connectivity index (χ4v) is 9.12. The summed E-state index contributed by atoms with van der Waals surface area (Å²) in [6.07, 6.45) is 6.29. The Morgan fingerprint density at radius 2 is 1.54 bits per heavy atom. The molecule has 2 N–H and O–H groups in total. The van der Waals surface area contributed by atoms with Gasteiger partial charge in [0.15, 0.2) is 11.5 Å². The van der Waals surface area contributed by atoms with Crippen LogP contribution in [0.2, 0.25) is 0 Å². The third kappa shape index (κ3) is 7.76. The number of ether oxygens (including phenoxy) is 4. The van der Waals surface area contributed by atoms with Gasteiger partial charge < -0.3 is 29.6 Å². The number of nitriles is 1. The highest BCUT2D eigenvalue weighted by Gasteiger charge is 2.56. The summed E-state index contributed by atoms with van der Waals surface area (Å²) in [7, 11) is 3.75. The number of amides is 2. The van der Waals surface area contributed by atoms with E-state index in [0.29, 0.717) is 49.0 Å². The number of nitrogens with zero attached hydrogens (tertiary/aromatic N) is 3. The van der Waals surface area contributed by atoms with Crippen LogP contribution in [-0.2, 0) is 22.4 Å². The summed E-state index contributed by atoms with van der Waals surface area (Å²) >= 11 is 0. The number of fused-ring (bicyclic) bond motifs is 7. The van der Waals surface area contributed by atoms with Crippen molar-refractivity contribution in [2.75, 3.05) is 45.8 Å². The fourth-order valence-electron chi connectivity index (χ4n) is 9.12. The fraction of sp³-hybridized carbons (Fsp3) is 0.413. The van der Waals surface area contributed by atoms with E-state index in [0.717, 1.165) is 44.7 Å². The van der Waals surface area contributed by atoms with Gasteiger partial charge in [-0.25, -0.2) is 0 Å². The van der Waals surface area contributed by atoms with Gasteiger partial charge in [-0.2, -0.15) is 5.26 Å². The molecule has 3 aliphatic heterocycles. The molecule has 2 bridgehead atoms. The van der Waals surface area contributed by atoms with Crippen LogP contribution >= 0.6 is 0 Å². The van der Waals surface area contributed by atoms with Gasteiger partial charge in [-0.3, -0.25) is 19.4 Å². The van der Waals surface area contributed by atoms with E-state index in [1.807, 2.05) is 51.1 Å². The van der Waals surface area contributed by atoms with Crippen LogP contribution in [0.25, 0.3) is 0 Å². The van der Waals surface area contributed by atoms with Gasteiger partial charge >= 0.3 is 0 Å². The van der Waals surface area contributed by atoms with E-state index in [-0.39, 0.29) is 49.5 Å². The van der Waals surface area contributed by atoms with E-state index in [4.69, 9.17) is 18.9 Å². The molecule has 0 radical (unpaired) electrons. The summed E-state index contributed by atoms with van der Waals surface area (Å²) in [5, 5.41) is 17.3. The lowest BCUT2D eigenvalue weighted by Crippen LogP contribution is -2.69. The Morgan fingerprint density at radius 1 is 0.912 bits per heavy atom. The summed E-state index contributed by atoms with van der Waals surface area (Å²) in [4.78, 5) is 31.6. The van der Waals surface area contributed by atoms with Crippen molar-refractivity contribution in [3.8, 4) is 29.1 Å². The van der Waals surface area contributed by atoms with E-state index in [1.165, 1.54) is 0 Å². The Hall–Kier alpha value is -5.57. The van der Waals surface area contributed by atoms with E-state index in [2.05, 4.69) is 59.4 Å². The average Bonchev–Trinajstić information content (AvgIpc) is 3.19. The van der Waals surface area contributed by atoms with Gasteiger partial charge in [0, 0.05) is 53.3 Å². The molecule has 57 heavy (non-hydrogen) atoms. The molecule has 3 aromatic rings. The van der Waals surface area contributed by atoms with Gasteiger partial charge in [0.25, 0.3) is 0 Å². The van der Waals surface area contributed by atoms with E-state index >= 15 is 0 Å². The van der Waals surface area contributed by atoms with Crippen LogP contribution in [-0.4, -0.2) is 80.3 Å². The van der Waals surface area contributed by atoms with Crippen LogP contribution < -0.4 is 29.6 Å². The standard InChI is InChI=1S/C46H55N5O6/c1-10-18-55-43-29(6)30(7)44(56-19-11-2)40-33(43)24-35-41-39-31(21-27(4)42(54-9)45(39)57-20-12-3)23-34(50(41)8)36(25-47)51(35)37(40)26-48-46(53)28(5)22-38(52)49-32-16-14-13-15-17-32/h10-17,21,28,34-37,41H,1-3,18-20,22-24,26H2,4-9H3,(H,48,53)(H,49,52)/t28-,34+,35+,36+,37+,41+/m1/s1. The Labute approximate surface area is 336 Å². The highest BCUT2D eigenvalue weighted by atomic mass is 16.5. The summed E-state index contributed by atoms with van der Waals surface area (Å²) < 4.78 is 25.5. The number of carbonyl (C=O) groups excluding carboxylic acids is 2. The first-order chi connectivity index (χ1) is 27.5. The summed E-state index contributed by atoms with van der Waals surface area (Å²) in [6, 6.07) is 12.3. The molecule has 3 heterocycles. The molecule has 1 fully saturated rings. The zero-order chi connectivity index (χ0) is 41.0. The average molecular weight is 774 g/mol. The van der Waals surface area contributed by atoms with Crippen LogP contribution in [0.5, 0.6) is 23.0 Å². The third-order valence-corrected chi connectivity index (χ3v) is 11.7. The Kier molecular flexibility index (Phi) is 12.8. The smallest absolute Gasteiger partial charge is 0.225 e. The first kappa shape index (κ1) is 41.1. The van der Waals surface area contributed by atoms with Gasteiger partial charge in [-0.05, 0) is 75.0 Å². The van der Waals surface area contributed by atoms with Crippen molar-refractivity contribution < 1.29 is 28.5 Å². The highest BCUT2D eigenvalue weighted by Crippen LogP contribution is 2.56. The van der Waals surface area contributed by atoms with Crippen LogP contribution in [0.15, 0.2) is 74.4 Å². The van der Waals surface area contributed by atoms with Gasteiger partial charge in [0.05, 0.1) is 25.3 Å². The second-order valence-corrected chi connectivity index (χ2v) is 15.2. The molecule has 6 atom stereocenters. The predicted molar refractivity (Wildman–Crippen MR) is 222 cm³/mol. The maximum absolute atomic E-state index is 13.9. The maximum Gasteiger partial charge on any atom is 0.225 e. The highest BCUT2D eigenvalue weighted by molar-refractivity contribution is 5.94. The molecule has 0 aliphatic carbocycles. The molecule has 2 amide bonds. The number of anilines is 1. The molecule has 0 unspecified atom stereocenters. The van der Waals surface area contributed by atoms with Gasteiger partial charge in [0.1, 0.15) is 37.4 Å². The zero-order valence-corrected chi connectivity index (χ0v) is 34.0. The predicted octanol–water partition coefficient (Wildman–Crippen LogP) is 6.87. The molecular formula is C46H55N5O6. The van der Waals surface area contributed by atoms with Crippen LogP contribution in [0.3, 0.4) is 0 Å². The quantitative estimate of drug-likeness (QED) is 0.150. The number of carbonyl (C=O) groups is 2. The molecular weight excluding hydrogens is 719 g/mol. The normalized spacial score (nSPS) is 21.3. The molecule has 11 heteroatoms. The number of nitrogens with one attached hydrogen (secondary N) is 2. The number of hydrogen-bond donors (Lipinski definition) is 2. The Balaban J connectivity index is 1.49. The lowest BCUT2D eigenvalue weighted by molar-refractivity contribution is -0.128. The van der Waals surface area contributed by atoms with Gasteiger partial charge in [-0.1, -0.05) is 69.2 Å². The minimum absolute atomic E-state index is 0.00113. The first-order valence-electron chi connectivity index (χ1n) is 19.6. The Morgan fingerprint density at radius 3 is 2.18 bits per heavy atom. The molecule has 6 rings (SSSR count). The third-order valence-electron chi connectivity index (χ3n) is 11.7. The van der Waals surface area contributed by atoms with Crippen molar-refractivity contribution >= 4 is 17.5 Å². The van der Waals surface area contributed by atoms with Crippen molar-refractivity contribution in [3.05, 3.63) is 113 Å². The molecule has 0 saturated carbocycles. The molecule has 0 spiro atoms. The number of rotatable bonds is 16. The summed E-state index contributed by atoms with van der Waals surface area (Å²) in [5.74, 6) is 1.64. The van der Waals surface area contributed by atoms with E-state index in [1.54, 1.807) is 32.3 Å². The van der Waals surface area contributed by atoms with Crippen LogP contribution in [0, 0.1) is 38.0 Å². The second-order valence-electron chi connectivity index (χ2n) is 15.2. The van der Waals surface area contributed by atoms with E-state index in [9.17, 15) is 14.9 Å². The lowest BCUT2D eigenvalue weighted by atomic mass is 9.71. The number of para-hydroxylation sites is 1. The second kappa shape index (κ2) is 17.7. The number of benzene rings is 3. The molecule has 1 saturated heterocycles. The van der Waals surface area contributed by atoms with Crippen LogP contribution in [0.4, 0.5) is 5.69 Å². The largest absolute Gasteiger partial charge is 0.493 e. The van der Waals surface area contributed by atoms with Crippen molar-refractivity contribution in [1.82, 2.24) is 15.1 Å². The monoisotopic (exact) mass is 773 g/mol. The van der Waals surface area contributed by atoms with Crippen molar-refractivity contribution in [1.29, 1.82) is 5.26 Å². The zero-order valence-electron chi connectivity index (χ0n) is 34.0. The van der Waals surface area contributed by atoms with Crippen molar-refractivity contribution in [2.24, 2.45) is 5.92 Å². The molecule has 3 aliphatic rings. The summed E-state index contributed by atoms with van der Waals surface area (Å²) in [6.45, 7) is 20.6. The van der Waals surface area contributed by atoms with Crippen molar-refractivity contribution in [3.63, 3.8) is 0 Å². The molecule has 300 valence electrons. The maximum atomic E-state index is 13.9. The molecule has 0 aromatic heterocycles. The lowest BCUT2D eigenvalue weighted by Gasteiger charge is -2.60. The summed E-state index contributed by atoms with van der Waals surface area (Å²) in [5.41, 5.74) is 7.45. The topological polar surface area (TPSA) is 125 Å². The number of likely N-dealkylation sites (N-methyl/N-ethyl adjacent to an activating group) is 1. The number of methoxy groups -OCH3 is 1. The minimum Gasteiger partial charge on any atom is -0.493 e. The SMILES string of the molecule is C=CCOc1c(C)c(C)c(OCC=C)c2c1C[C@H]1[C@H]3c4c(cc(C)c(OC)c4OCC=C)C[C@@H]([C@H](C#N)N1[C@H]2CNC(=O)[C@H](C)CC(=O)Nc1ccccc1)N3C. The molecule has 3 aromatic carbocycles. The number of piperazine rings is 1. The first-order valence-corrected chi connectivity index (χ1v) is 19.6.